The van der Waals surface area contributed by atoms with Crippen LogP contribution in [0.3, 0.4) is 0 Å². The van der Waals surface area contributed by atoms with Gasteiger partial charge in [-0.05, 0) is 26.0 Å². The number of hydrogen-bond acceptors (Lipinski definition) is 3. The minimum atomic E-state index is 0. The Bertz CT molecular complexity index is 272. The summed E-state index contributed by atoms with van der Waals surface area (Å²) in [6, 6.07) is 3.87. The SMILES string of the molecule is CC1(C)COC(Cc2ccco2)N1.Cl. The molecule has 1 saturated heterocycles. The molecule has 80 valence electrons. The van der Waals surface area contributed by atoms with Gasteiger partial charge < -0.3 is 9.15 Å². The van der Waals surface area contributed by atoms with E-state index in [4.69, 9.17) is 9.15 Å². The van der Waals surface area contributed by atoms with Gasteiger partial charge in [0.1, 0.15) is 12.0 Å². The quantitative estimate of drug-likeness (QED) is 0.823. The van der Waals surface area contributed by atoms with Gasteiger partial charge in [-0.25, -0.2) is 0 Å². The molecule has 0 aliphatic carbocycles. The van der Waals surface area contributed by atoms with Crippen LogP contribution in [0.25, 0.3) is 0 Å². The Balaban J connectivity index is 0.000000980. The molecule has 0 bridgehead atoms. The zero-order valence-electron chi connectivity index (χ0n) is 8.45. The van der Waals surface area contributed by atoms with Gasteiger partial charge >= 0.3 is 0 Å². The standard InChI is InChI=1S/C10H15NO2.ClH/c1-10(2)7-13-9(11-10)6-8-4-3-5-12-8;/h3-5,9,11H,6-7H2,1-2H3;1H. The third kappa shape index (κ3) is 2.74. The summed E-state index contributed by atoms with van der Waals surface area (Å²) in [5.41, 5.74) is 0.0945. The van der Waals surface area contributed by atoms with Crippen LogP contribution in [-0.4, -0.2) is 18.4 Å². The number of halogens is 1. The molecule has 14 heavy (non-hydrogen) atoms. The molecule has 4 heteroatoms. The predicted octanol–water partition coefficient (Wildman–Crippen LogP) is 1.97. The average Bonchev–Trinajstić information content (AvgIpc) is 2.61. The molecular formula is C10H16ClNO2. The fourth-order valence-electron chi connectivity index (χ4n) is 1.55. The first kappa shape index (κ1) is 11.6. The van der Waals surface area contributed by atoms with Gasteiger partial charge in [0.05, 0.1) is 12.9 Å². The molecule has 1 aromatic heterocycles. The molecule has 1 atom stereocenters. The Kier molecular flexibility index (Phi) is 3.59. The van der Waals surface area contributed by atoms with Crippen molar-refractivity contribution in [2.45, 2.75) is 32.0 Å². The first-order valence-electron chi connectivity index (χ1n) is 4.57. The molecule has 1 unspecified atom stereocenters. The van der Waals surface area contributed by atoms with E-state index in [2.05, 4.69) is 19.2 Å². The highest BCUT2D eigenvalue weighted by Gasteiger charge is 2.30. The highest BCUT2D eigenvalue weighted by atomic mass is 35.5. The minimum Gasteiger partial charge on any atom is -0.469 e. The molecule has 2 heterocycles. The molecule has 0 amide bonds. The molecule has 1 N–H and O–H groups in total. The first-order chi connectivity index (χ1) is 6.16. The maximum absolute atomic E-state index is 5.57. The van der Waals surface area contributed by atoms with Crippen molar-refractivity contribution in [1.29, 1.82) is 0 Å². The van der Waals surface area contributed by atoms with Gasteiger partial charge in [0, 0.05) is 12.0 Å². The van der Waals surface area contributed by atoms with E-state index in [9.17, 15) is 0 Å². The summed E-state index contributed by atoms with van der Waals surface area (Å²) in [6.45, 7) is 5.03. The summed E-state index contributed by atoms with van der Waals surface area (Å²) in [5, 5.41) is 3.39. The number of nitrogens with one attached hydrogen (secondary N) is 1. The lowest BCUT2D eigenvalue weighted by molar-refractivity contribution is 0.0945. The Morgan fingerprint density at radius 2 is 2.36 bits per heavy atom. The summed E-state index contributed by atoms with van der Waals surface area (Å²) in [5.74, 6) is 0.968. The number of ether oxygens (including phenoxy) is 1. The summed E-state index contributed by atoms with van der Waals surface area (Å²) in [7, 11) is 0. The van der Waals surface area contributed by atoms with Gasteiger partial charge in [-0.1, -0.05) is 0 Å². The lowest BCUT2D eigenvalue weighted by Gasteiger charge is -2.16. The molecule has 0 aromatic carbocycles. The van der Waals surface area contributed by atoms with Crippen LogP contribution in [0.2, 0.25) is 0 Å². The second-order valence-electron chi connectivity index (χ2n) is 4.11. The molecule has 1 aliphatic rings. The molecular weight excluding hydrogens is 202 g/mol. The van der Waals surface area contributed by atoms with Crippen LogP contribution >= 0.6 is 12.4 Å². The van der Waals surface area contributed by atoms with E-state index in [-0.39, 0.29) is 24.2 Å². The molecule has 1 fully saturated rings. The third-order valence-corrected chi connectivity index (χ3v) is 2.16. The van der Waals surface area contributed by atoms with Crippen LogP contribution in [0.15, 0.2) is 22.8 Å². The number of furan rings is 1. The van der Waals surface area contributed by atoms with Crippen molar-refractivity contribution in [2.24, 2.45) is 0 Å². The first-order valence-corrected chi connectivity index (χ1v) is 4.57. The molecule has 2 rings (SSSR count). The van der Waals surface area contributed by atoms with Crippen LogP contribution in [-0.2, 0) is 11.2 Å². The molecule has 0 spiro atoms. The van der Waals surface area contributed by atoms with Gasteiger partial charge in [0.25, 0.3) is 0 Å². The predicted molar refractivity (Wildman–Crippen MR) is 56.6 cm³/mol. The van der Waals surface area contributed by atoms with Crippen LogP contribution in [0.4, 0.5) is 0 Å². The average molecular weight is 218 g/mol. The molecule has 0 radical (unpaired) electrons. The van der Waals surface area contributed by atoms with E-state index >= 15 is 0 Å². The fraction of sp³-hybridized carbons (Fsp3) is 0.600. The van der Waals surface area contributed by atoms with Crippen molar-refractivity contribution in [3.63, 3.8) is 0 Å². The highest BCUT2D eigenvalue weighted by molar-refractivity contribution is 5.85. The minimum absolute atomic E-state index is 0. The van der Waals surface area contributed by atoms with Gasteiger partial charge in [-0.2, -0.15) is 0 Å². The number of hydrogen-bond donors (Lipinski definition) is 1. The Morgan fingerprint density at radius 1 is 1.57 bits per heavy atom. The van der Waals surface area contributed by atoms with Crippen molar-refractivity contribution in [3.8, 4) is 0 Å². The lowest BCUT2D eigenvalue weighted by atomic mass is 10.1. The van der Waals surface area contributed by atoms with Gasteiger partial charge in [-0.15, -0.1) is 12.4 Å². The number of rotatable bonds is 2. The van der Waals surface area contributed by atoms with Gasteiger partial charge in [-0.3, -0.25) is 5.32 Å². The molecule has 1 aromatic rings. The summed E-state index contributed by atoms with van der Waals surface area (Å²) in [4.78, 5) is 0. The summed E-state index contributed by atoms with van der Waals surface area (Å²) >= 11 is 0. The second kappa shape index (κ2) is 4.34. The van der Waals surface area contributed by atoms with Crippen molar-refractivity contribution >= 4 is 12.4 Å². The van der Waals surface area contributed by atoms with Gasteiger partial charge in [0.15, 0.2) is 0 Å². The van der Waals surface area contributed by atoms with E-state index in [1.807, 2.05) is 12.1 Å². The lowest BCUT2D eigenvalue weighted by Crippen LogP contribution is -2.39. The smallest absolute Gasteiger partial charge is 0.115 e. The Labute approximate surface area is 90.2 Å². The normalized spacial score (nSPS) is 24.6. The van der Waals surface area contributed by atoms with E-state index in [1.54, 1.807) is 6.26 Å². The van der Waals surface area contributed by atoms with Crippen molar-refractivity contribution in [2.75, 3.05) is 6.61 Å². The van der Waals surface area contributed by atoms with E-state index in [0.717, 1.165) is 18.8 Å². The third-order valence-electron chi connectivity index (χ3n) is 2.16. The van der Waals surface area contributed by atoms with Crippen molar-refractivity contribution < 1.29 is 9.15 Å². The topological polar surface area (TPSA) is 34.4 Å². The van der Waals surface area contributed by atoms with Crippen LogP contribution in [0.5, 0.6) is 0 Å². The maximum atomic E-state index is 5.57. The Hall–Kier alpha value is -0.510. The molecule has 3 nitrogen and oxygen atoms in total. The molecule has 1 aliphatic heterocycles. The zero-order chi connectivity index (χ0) is 9.31. The van der Waals surface area contributed by atoms with Crippen molar-refractivity contribution in [3.05, 3.63) is 24.2 Å². The zero-order valence-corrected chi connectivity index (χ0v) is 9.26. The van der Waals surface area contributed by atoms with Crippen LogP contribution < -0.4 is 5.32 Å². The summed E-state index contributed by atoms with van der Waals surface area (Å²) in [6.07, 6.45) is 2.59. The van der Waals surface area contributed by atoms with Crippen LogP contribution in [0.1, 0.15) is 19.6 Å². The largest absolute Gasteiger partial charge is 0.469 e. The monoisotopic (exact) mass is 217 g/mol. The van der Waals surface area contributed by atoms with E-state index < -0.39 is 0 Å². The fourth-order valence-corrected chi connectivity index (χ4v) is 1.55. The van der Waals surface area contributed by atoms with E-state index in [1.165, 1.54) is 0 Å². The van der Waals surface area contributed by atoms with Gasteiger partial charge in [0.2, 0.25) is 0 Å². The maximum Gasteiger partial charge on any atom is 0.115 e. The second-order valence-corrected chi connectivity index (χ2v) is 4.11. The summed E-state index contributed by atoms with van der Waals surface area (Å²) < 4.78 is 10.8. The van der Waals surface area contributed by atoms with Crippen LogP contribution in [0, 0.1) is 0 Å². The Morgan fingerprint density at radius 3 is 2.86 bits per heavy atom. The molecule has 0 saturated carbocycles. The van der Waals surface area contributed by atoms with Crippen molar-refractivity contribution in [1.82, 2.24) is 5.32 Å². The van der Waals surface area contributed by atoms with E-state index in [0.29, 0.717) is 0 Å². The highest BCUT2D eigenvalue weighted by Crippen LogP contribution is 2.17.